The molecule has 138 valence electrons. The van der Waals surface area contributed by atoms with E-state index in [2.05, 4.69) is 26.6 Å². The Hall–Kier alpha value is -1.47. The number of nitrogens with two attached hydrogens (primary N) is 1. The first kappa shape index (κ1) is 17.0. The lowest BCUT2D eigenvalue weighted by Gasteiger charge is -2.43. The van der Waals surface area contributed by atoms with Crippen LogP contribution in [0.3, 0.4) is 0 Å². The molecule has 2 N–H and O–H groups in total. The molecule has 0 bridgehead atoms. The van der Waals surface area contributed by atoms with Crippen LogP contribution in [0.4, 0.5) is 0 Å². The van der Waals surface area contributed by atoms with Crippen molar-refractivity contribution in [2.75, 3.05) is 20.1 Å². The fraction of sp³-hybridized carbons (Fsp3) is 0.833. The van der Waals surface area contributed by atoms with Crippen LogP contribution in [0.2, 0.25) is 0 Å². The second-order valence-corrected chi connectivity index (χ2v) is 8.10. The third-order valence-electron chi connectivity index (χ3n) is 6.75. The lowest BCUT2D eigenvalue weighted by molar-refractivity contribution is -0.130. The average molecular weight is 346 g/mol. The molecule has 7 nitrogen and oxygen atoms in total. The highest BCUT2D eigenvalue weighted by molar-refractivity contribution is 5.79. The van der Waals surface area contributed by atoms with E-state index in [1.165, 1.54) is 0 Å². The molecule has 1 aromatic rings. The van der Waals surface area contributed by atoms with E-state index in [4.69, 9.17) is 5.73 Å². The van der Waals surface area contributed by atoms with Crippen molar-refractivity contribution < 1.29 is 4.79 Å². The number of rotatable bonds is 4. The van der Waals surface area contributed by atoms with E-state index in [9.17, 15) is 4.79 Å². The van der Waals surface area contributed by atoms with Crippen molar-refractivity contribution in [1.29, 1.82) is 0 Å². The molecule has 25 heavy (non-hydrogen) atoms. The molecule has 3 heterocycles. The maximum Gasteiger partial charge on any atom is 0.222 e. The molecule has 0 aromatic carbocycles. The zero-order valence-corrected chi connectivity index (χ0v) is 15.4. The van der Waals surface area contributed by atoms with Crippen molar-refractivity contribution in [3.63, 3.8) is 0 Å². The summed E-state index contributed by atoms with van der Waals surface area (Å²) >= 11 is 0. The van der Waals surface area contributed by atoms with Crippen LogP contribution >= 0.6 is 0 Å². The van der Waals surface area contributed by atoms with Crippen LogP contribution in [0, 0.1) is 0 Å². The van der Waals surface area contributed by atoms with Crippen LogP contribution in [0.1, 0.15) is 63.0 Å². The number of aromatic nitrogens is 3. The third-order valence-corrected chi connectivity index (χ3v) is 6.75. The Morgan fingerprint density at radius 1 is 1.20 bits per heavy atom. The summed E-state index contributed by atoms with van der Waals surface area (Å²) in [5, 5.41) is 8.97. The van der Waals surface area contributed by atoms with Gasteiger partial charge >= 0.3 is 0 Å². The first-order chi connectivity index (χ1) is 12.0. The number of hydrogen-bond acceptors (Lipinski definition) is 5. The van der Waals surface area contributed by atoms with Gasteiger partial charge in [0, 0.05) is 50.6 Å². The molecule has 1 aromatic heterocycles. The monoisotopic (exact) mass is 346 g/mol. The molecule has 0 unspecified atom stereocenters. The van der Waals surface area contributed by atoms with Gasteiger partial charge < -0.3 is 15.2 Å². The van der Waals surface area contributed by atoms with Crippen molar-refractivity contribution >= 4 is 5.91 Å². The highest BCUT2D eigenvalue weighted by Crippen LogP contribution is 2.38. The summed E-state index contributed by atoms with van der Waals surface area (Å²) in [5.74, 6) is 2.99. The molecule has 1 aliphatic carbocycles. The summed E-state index contributed by atoms with van der Waals surface area (Å²) in [6.45, 7) is 5.99. The van der Waals surface area contributed by atoms with Gasteiger partial charge in [0.05, 0.1) is 6.54 Å². The quantitative estimate of drug-likeness (QED) is 0.883. The van der Waals surface area contributed by atoms with Crippen molar-refractivity contribution in [2.45, 2.75) is 76.0 Å². The lowest BCUT2D eigenvalue weighted by atomic mass is 9.80. The molecule has 2 saturated heterocycles. The molecule has 4 rings (SSSR count). The Bertz CT molecular complexity index is 642. The Morgan fingerprint density at radius 3 is 2.48 bits per heavy atom. The minimum Gasteiger partial charge on any atom is -0.340 e. The summed E-state index contributed by atoms with van der Waals surface area (Å²) in [7, 11) is 1.98. The van der Waals surface area contributed by atoms with Crippen molar-refractivity contribution in [2.24, 2.45) is 5.73 Å². The average Bonchev–Trinajstić information content (AvgIpc) is 3.10. The largest absolute Gasteiger partial charge is 0.340 e. The van der Waals surface area contributed by atoms with E-state index in [0.717, 1.165) is 69.9 Å². The lowest BCUT2D eigenvalue weighted by Crippen LogP contribution is -2.51. The van der Waals surface area contributed by atoms with Gasteiger partial charge in [0.25, 0.3) is 0 Å². The van der Waals surface area contributed by atoms with E-state index in [1.807, 2.05) is 11.9 Å². The SMILES string of the molecule is CCn1c(CN2CCC3(CCC(=O)N3C)CC2)nnc1C1CC(N)C1. The smallest absolute Gasteiger partial charge is 0.222 e. The summed E-state index contributed by atoms with van der Waals surface area (Å²) in [6.07, 6.45) is 5.94. The van der Waals surface area contributed by atoms with Gasteiger partial charge in [0.15, 0.2) is 0 Å². The second kappa shape index (κ2) is 6.36. The minimum atomic E-state index is 0.110. The predicted molar refractivity (Wildman–Crippen MR) is 94.9 cm³/mol. The fourth-order valence-corrected chi connectivity index (χ4v) is 4.84. The van der Waals surface area contributed by atoms with E-state index >= 15 is 0 Å². The molecule has 2 aliphatic heterocycles. The van der Waals surface area contributed by atoms with Gasteiger partial charge in [-0.1, -0.05) is 0 Å². The maximum atomic E-state index is 11.9. The molecule has 1 amide bonds. The van der Waals surface area contributed by atoms with Gasteiger partial charge in [-0.2, -0.15) is 0 Å². The molecule has 3 fully saturated rings. The van der Waals surface area contributed by atoms with Crippen LogP contribution < -0.4 is 5.73 Å². The zero-order chi connectivity index (χ0) is 17.6. The number of amides is 1. The van der Waals surface area contributed by atoms with Gasteiger partial charge in [0.2, 0.25) is 5.91 Å². The van der Waals surface area contributed by atoms with Gasteiger partial charge in [-0.25, -0.2) is 0 Å². The topological polar surface area (TPSA) is 80.3 Å². The Balaban J connectivity index is 1.40. The van der Waals surface area contributed by atoms with E-state index in [0.29, 0.717) is 24.3 Å². The number of nitrogens with zero attached hydrogens (tertiary/aromatic N) is 5. The molecule has 3 aliphatic rings. The molecular formula is C18H30N6O. The number of piperidine rings is 1. The van der Waals surface area contributed by atoms with E-state index in [-0.39, 0.29) is 5.54 Å². The van der Waals surface area contributed by atoms with Crippen LogP contribution in [0.15, 0.2) is 0 Å². The summed E-state index contributed by atoms with van der Waals surface area (Å²) in [4.78, 5) is 16.4. The molecule has 0 atom stereocenters. The van der Waals surface area contributed by atoms with Gasteiger partial charge in [-0.05, 0) is 39.0 Å². The van der Waals surface area contributed by atoms with Crippen LogP contribution in [-0.2, 0) is 17.9 Å². The fourth-order valence-electron chi connectivity index (χ4n) is 4.84. The van der Waals surface area contributed by atoms with E-state index in [1.54, 1.807) is 0 Å². The first-order valence-corrected chi connectivity index (χ1v) is 9.69. The Morgan fingerprint density at radius 2 is 1.92 bits per heavy atom. The third kappa shape index (κ3) is 2.87. The molecule has 7 heteroatoms. The second-order valence-electron chi connectivity index (χ2n) is 8.10. The number of likely N-dealkylation sites (tertiary alicyclic amines) is 2. The molecular weight excluding hydrogens is 316 g/mol. The van der Waals surface area contributed by atoms with Crippen molar-refractivity contribution in [3.8, 4) is 0 Å². The van der Waals surface area contributed by atoms with E-state index < -0.39 is 0 Å². The Labute approximate surface area is 149 Å². The molecule has 1 spiro atoms. The van der Waals surface area contributed by atoms with Crippen LogP contribution in [0.25, 0.3) is 0 Å². The highest BCUT2D eigenvalue weighted by atomic mass is 16.2. The summed E-state index contributed by atoms with van der Waals surface area (Å²) in [5.41, 5.74) is 6.05. The molecule has 1 saturated carbocycles. The summed E-state index contributed by atoms with van der Waals surface area (Å²) in [6, 6.07) is 0.333. The normalized spacial score (nSPS) is 29.4. The van der Waals surface area contributed by atoms with Gasteiger partial charge in [-0.15, -0.1) is 10.2 Å². The predicted octanol–water partition coefficient (Wildman–Crippen LogP) is 1.09. The zero-order valence-electron chi connectivity index (χ0n) is 15.4. The number of carbonyl (C=O) groups excluding carboxylic acids is 1. The van der Waals surface area contributed by atoms with Gasteiger partial charge in [-0.3, -0.25) is 9.69 Å². The van der Waals surface area contributed by atoms with Crippen LogP contribution in [-0.4, -0.2) is 62.2 Å². The minimum absolute atomic E-state index is 0.110. The van der Waals surface area contributed by atoms with Crippen molar-refractivity contribution in [1.82, 2.24) is 24.6 Å². The first-order valence-electron chi connectivity index (χ1n) is 9.69. The Kier molecular flexibility index (Phi) is 4.32. The molecule has 0 radical (unpaired) electrons. The van der Waals surface area contributed by atoms with Crippen LogP contribution in [0.5, 0.6) is 0 Å². The standard InChI is InChI=1S/C18H30N6O/c1-3-24-15(20-21-17(24)13-10-14(19)11-13)12-23-8-6-18(7-9-23)5-4-16(25)22(18)2/h13-14H,3-12,19H2,1-2H3. The highest BCUT2D eigenvalue weighted by Gasteiger charge is 2.44. The number of carbonyl (C=O) groups is 1. The number of hydrogen-bond donors (Lipinski definition) is 1. The summed E-state index contributed by atoms with van der Waals surface area (Å²) < 4.78 is 2.28. The maximum absolute atomic E-state index is 11.9. The van der Waals surface area contributed by atoms with Gasteiger partial charge in [0.1, 0.15) is 11.6 Å². The van der Waals surface area contributed by atoms with Crippen molar-refractivity contribution in [3.05, 3.63) is 11.6 Å².